The number of hydrogen-bond acceptors (Lipinski definition) is 3. The van der Waals surface area contributed by atoms with E-state index in [0.717, 1.165) is 121 Å². The summed E-state index contributed by atoms with van der Waals surface area (Å²) < 4.78 is 0. The van der Waals surface area contributed by atoms with Gasteiger partial charge in [-0.2, -0.15) is 0 Å². The van der Waals surface area contributed by atoms with Gasteiger partial charge in [-0.05, 0) is 237 Å². The average molecular weight is 702 g/mol. The minimum atomic E-state index is -0.190. The molecule has 0 aliphatic heterocycles. The molecule has 16 aliphatic carbocycles. The van der Waals surface area contributed by atoms with E-state index in [4.69, 9.17) is 4.98 Å². The van der Waals surface area contributed by atoms with Gasteiger partial charge in [0.15, 0.2) is 0 Å². The van der Waals surface area contributed by atoms with Crippen LogP contribution in [0.4, 0.5) is 11.6 Å². The van der Waals surface area contributed by atoms with Crippen molar-refractivity contribution in [2.75, 3.05) is 9.80 Å². The first-order valence-corrected chi connectivity index (χ1v) is 22.9. The van der Waals surface area contributed by atoms with Crippen molar-refractivity contribution in [1.29, 1.82) is 0 Å². The van der Waals surface area contributed by atoms with Crippen molar-refractivity contribution >= 4 is 23.5 Å². The van der Waals surface area contributed by atoms with E-state index in [1.165, 1.54) is 116 Å². The third-order valence-electron chi connectivity index (χ3n) is 19.5. The fourth-order valence-electron chi connectivity index (χ4n) is 19.7. The molecule has 17 rings (SSSR count). The van der Waals surface area contributed by atoms with Crippen molar-refractivity contribution < 1.29 is 9.59 Å². The third kappa shape index (κ3) is 4.38. The lowest BCUT2D eigenvalue weighted by Crippen LogP contribution is -2.67. The Kier molecular flexibility index (Phi) is 6.31. The molecule has 1 aromatic heterocycles. The van der Waals surface area contributed by atoms with Crippen molar-refractivity contribution in [3.05, 3.63) is 18.2 Å². The monoisotopic (exact) mass is 701 g/mol. The van der Waals surface area contributed by atoms with Crippen LogP contribution in [0.15, 0.2) is 18.2 Å². The standard InChI is InChI=1S/C47H63N3O2/c51-42(44-16-28-4-29(17-44)6-30(5-28)18-44)49(46-22-34-10-35(23-46)12-36(11-34)24-46)40-2-1-3-41(48-40)50(47-25-37-13-38(26-47)15-39(14-37)27-47)43(52)45-19-31-7-32(20-45)9-33(8-31)21-45/h1-3,28-39H,4-27H2. The minimum Gasteiger partial charge on any atom is -0.290 e. The Hall–Kier alpha value is -1.91. The predicted molar refractivity (Wildman–Crippen MR) is 202 cm³/mol. The second kappa shape index (κ2) is 10.5. The van der Waals surface area contributed by atoms with Gasteiger partial charge in [0, 0.05) is 0 Å². The molecule has 1 heterocycles. The maximum Gasteiger partial charge on any atom is 0.234 e. The SMILES string of the molecule is O=C(N(c1cccc(N(C(=O)C23CC4CC(CC(C4)C2)C3)C23CC4CC(CC(C4)C2)C3)n1)C12CC3CC(CC(C3)C1)C2)C12CC3CC(CC(C3)C1)C2. The lowest BCUT2D eigenvalue weighted by molar-refractivity contribution is -0.147. The molecule has 1 aromatic rings. The molecule has 2 amide bonds. The number of hydrogen-bond donors (Lipinski definition) is 0. The minimum absolute atomic E-state index is 0.0871. The molecule has 0 aromatic carbocycles. The van der Waals surface area contributed by atoms with E-state index in [9.17, 15) is 0 Å². The largest absolute Gasteiger partial charge is 0.290 e. The van der Waals surface area contributed by atoms with Gasteiger partial charge in [0.2, 0.25) is 11.8 Å². The highest BCUT2D eigenvalue weighted by Crippen LogP contribution is 2.66. The molecule has 5 heteroatoms. The van der Waals surface area contributed by atoms with E-state index < -0.39 is 0 Å². The van der Waals surface area contributed by atoms with Gasteiger partial charge in [0.25, 0.3) is 0 Å². The van der Waals surface area contributed by atoms with E-state index in [1.54, 1.807) is 0 Å². The number of rotatable bonds is 6. The van der Waals surface area contributed by atoms with Gasteiger partial charge in [0.1, 0.15) is 11.6 Å². The summed E-state index contributed by atoms with van der Waals surface area (Å²) in [6, 6.07) is 6.69. The van der Waals surface area contributed by atoms with Gasteiger partial charge in [-0.3, -0.25) is 19.4 Å². The molecule has 52 heavy (non-hydrogen) atoms. The second-order valence-corrected chi connectivity index (χ2v) is 23.3. The van der Waals surface area contributed by atoms with E-state index in [0.29, 0.717) is 11.8 Å². The molecule has 0 spiro atoms. The van der Waals surface area contributed by atoms with Gasteiger partial charge in [-0.1, -0.05) is 6.07 Å². The molecule has 16 aliphatic rings. The first kappa shape index (κ1) is 31.3. The number of carbonyl (C=O) groups excluding carboxylic acids is 2. The topological polar surface area (TPSA) is 53.5 Å². The van der Waals surface area contributed by atoms with E-state index in [-0.39, 0.29) is 21.9 Å². The maximum atomic E-state index is 15.9. The van der Waals surface area contributed by atoms with Gasteiger partial charge >= 0.3 is 0 Å². The second-order valence-electron chi connectivity index (χ2n) is 23.3. The van der Waals surface area contributed by atoms with Crippen LogP contribution in [0, 0.1) is 81.8 Å². The van der Waals surface area contributed by atoms with Crippen molar-refractivity contribution in [3.63, 3.8) is 0 Å². The van der Waals surface area contributed by atoms with E-state index in [1.807, 2.05) is 0 Å². The summed E-state index contributed by atoms with van der Waals surface area (Å²) in [4.78, 5) is 42.5. The molecule has 0 radical (unpaired) electrons. The van der Waals surface area contributed by atoms with Crippen LogP contribution in [-0.4, -0.2) is 27.9 Å². The molecule has 0 atom stereocenters. The summed E-state index contributed by atoms with van der Waals surface area (Å²) in [5.74, 6) is 11.9. The number of amides is 2. The Morgan fingerprint density at radius 1 is 0.404 bits per heavy atom. The van der Waals surface area contributed by atoms with E-state index >= 15 is 9.59 Å². The quantitative estimate of drug-likeness (QED) is 0.297. The number of anilines is 2. The predicted octanol–water partition coefficient (Wildman–Crippen LogP) is 10.1. The van der Waals surface area contributed by atoms with Crippen LogP contribution in [0.3, 0.4) is 0 Å². The summed E-state index contributed by atoms with van der Waals surface area (Å²) in [5.41, 5.74) is -0.554. The molecule has 16 bridgehead atoms. The zero-order valence-electron chi connectivity index (χ0n) is 31.8. The van der Waals surface area contributed by atoms with Crippen LogP contribution < -0.4 is 9.80 Å². The van der Waals surface area contributed by atoms with Crippen LogP contribution >= 0.6 is 0 Å². The van der Waals surface area contributed by atoms with Gasteiger partial charge in [-0.15, -0.1) is 0 Å². The Bertz CT molecular complexity index is 1450. The maximum absolute atomic E-state index is 15.9. The molecule has 5 nitrogen and oxygen atoms in total. The van der Waals surface area contributed by atoms with E-state index in [2.05, 4.69) is 28.0 Å². The molecule has 0 unspecified atom stereocenters. The number of aromatic nitrogens is 1. The van der Waals surface area contributed by atoms with Crippen LogP contribution in [0.1, 0.15) is 154 Å². The average Bonchev–Trinajstić information content (AvgIpc) is 3.06. The molecule has 16 fully saturated rings. The number of pyridine rings is 1. The summed E-state index contributed by atoms with van der Waals surface area (Å²) in [6.45, 7) is 0. The Morgan fingerprint density at radius 3 is 0.885 bits per heavy atom. The summed E-state index contributed by atoms with van der Waals surface area (Å²) in [5, 5.41) is 0. The fraction of sp³-hybridized carbons (Fsp3) is 0.851. The van der Waals surface area contributed by atoms with Gasteiger partial charge in [0.05, 0.1) is 21.9 Å². The molecular weight excluding hydrogens is 639 g/mol. The van der Waals surface area contributed by atoms with Crippen LogP contribution in [0.25, 0.3) is 0 Å². The first-order valence-electron chi connectivity index (χ1n) is 22.9. The van der Waals surface area contributed by atoms with Crippen LogP contribution in [0.5, 0.6) is 0 Å². The zero-order chi connectivity index (χ0) is 34.2. The van der Waals surface area contributed by atoms with Gasteiger partial charge in [-0.25, -0.2) is 4.98 Å². The van der Waals surface area contributed by atoms with Crippen molar-refractivity contribution in [1.82, 2.24) is 4.98 Å². The summed E-state index contributed by atoms with van der Waals surface area (Å²) >= 11 is 0. The molecular formula is C47H63N3O2. The highest BCUT2D eigenvalue weighted by atomic mass is 16.2. The smallest absolute Gasteiger partial charge is 0.234 e. The van der Waals surface area contributed by atoms with Gasteiger partial charge < -0.3 is 0 Å². The first-order chi connectivity index (χ1) is 25.2. The van der Waals surface area contributed by atoms with Crippen LogP contribution in [-0.2, 0) is 9.59 Å². The molecule has 0 saturated heterocycles. The fourth-order valence-corrected chi connectivity index (χ4v) is 19.7. The number of nitrogens with zero attached hydrogens (tertiary/aromatic N) is 3. The van der Waals surface area contributed by atoms with Crippen LogP contribution in [0.2, 0.25) is 0 Å². The lowest BCUT2D eigenvalue weighted by atomic mass is 9.48. The third-order valence-corrected chi connectivity index (χ3v) is 19.5. The van der Waals surface area contributed by atoms with Crippen molar-refractivity contribution in [3.8, 4) is 0 Å². The number of carbonyl (C=O) groups is 2. The summed E-state index contributed by atoms with van der Waals surface area (Å²) in [7, 11) is 0. The van der Waals surface area contributed by atoms with Crippen molar-refractivity contribution in [2.24, 2.45) is 81.8 Å². The Labute approximate surface area is 312 Å². The Morgan fingerprint density at radius 2 is 0.635 bits per heavy atom. The highest BCUT2D eigenvalue weighted by Gasteiger charge is 2.64. The molecule has 0 N–H and O–H groups in total. The normalized spacial score (nSPS) is 53.5. The zero-order valence-corrected chi connectivity index (χ0v) is 31.8. The lowest BCUT2D eigenvalue weighted by Gasteiger charge is -2.63. The van der Waals surface area contributed by atoms with Crippen molar-refractivity contribution in [2.45, 2.75) is 165 Å². The summed E-state index contributed by atoms with van der Waals surface area (Å²) in [6.07, 6.45) is 30.2. The highest BCUT2D eigenvalue weighted by molar-refractivity contribution is 6.01. The Balaban J connectivity index is 0.946. The molecule has 16 saturated carbocycles. The molecule has 278 valence electrons.